The van der Waals surface area contributed by atoms with Crippen LogP contribution >= 0.6 is 0 Å². The maximum Gasteiger partial charge on any atom is 0.416 e. The summed E-state index contributed by atoms with van der Waals surface area (Å²) in [5.41, 5.74) is 5.46. The lowest BCUT2D eigenvalue weighted by molar-refractivity contribution is -0.137. The molecule has 2 aromatic carbocycles. The molecule has 0 spiro atoms. The summed E-state index contributed by atoms with van der Waals surface area (Å²) in [5, 5.41) is 0. The topological polar surface area (TPSA) is 44.5 Å². The third-order valence-electron chi connectivity index (χ3n) is 2.74. The van der Waals surface area contributed by atoms with Crippen LogP contribution < -0.4 is 15.2 Å². The van der Waals surface area contributed by atoms with E-state index < -0.39 is 11.7 Å². The summed E-state index contributed by atoms with van der Waals surface area (Å²) < 4.78 is 48.2. The molecule has 0 aliphatic carbocycles. The van der Waals surface area contributed by atoms with Crippen LogP contribution in [0.2, 0.25) is 0 Å². The van der Waals surface area contributed by atoms with Crippen LogP contribution in [0.25, 0.3) is 0 Å². The molecule has 0 radical (unpaired) electrons. The number of rotatable bonds is 4. The second kappa shape index (κ2) is 5.95. The molecule has 0 amide bonds. The van der Waals surface area contributed by atoms with E-state index in [1.807, 2.05) is 6.92 Å². The predicted octanol–water partition coefficient (Wildman–Crippen LogP) is 4.48. The highest BCUT2D eigenvalue weighted by Gasteiger charge is 2.30. The Kier molecular flexibility index (Phi) is 4.26. The van der Waals surface area contributed by atoms with Crippen LogP contribution in [0.5, 0.6) is 17.2 Å². The van der Waals surface area contributed by atoms with Crippen molar-refractivity contribution in [3.8, 4) is 17.2 Å². The maximum atomic E-state index is 12.5. The van der Waals surface area contributed by atoms with Crippen molar-refractivity contribution in [2.24, 2.45) is 0 Å². The largest absolute Gasteiger partial charge is 0.492 e. The molecular weight excluding hydrogens is 283 g/mol. The molecule has 0 bridgehead atoms. The van der Waals surface area contributed by atoms with E-state index in [0.29, 0.717) is 23.8 Å². The molecule has 0 aliphatic rings. The number of nitrogens with two attached hydrogens (primary N) is 1. The van der Waals surface area contributed by atoms with E-state index >= 15 is 0 Å². The van der Waals surface area contributed by atoms with Crippen LogP contribution in [-0.2, 0) is 6.18 Å². The smallest absolute Gasteiger partial charge is 0.416 e. The minimum atomic E-state index is -4.37. The summed E-state index contributed by atoms with van der Waals surface area (Å²) in [6.07, 6.45) is -4.37. The van der Waals surface area contributed by atoms with Gasteiger partial charge in [-0.25, -0.2) is 0 Å². The number of ether oxygens (including phenoxy) is 2. The zero-order chi connectivity index (χ0) is 15.5. The molecule has 3 nitrogen and oxygen atoms in total. The Morgan fingerprint density at radius 2 is 1.62 bits per heavy atom. The van der Waals surface area contributed by atoms with Crippen LogP contribution in [0.15, 0.2) is 42.5 Å². The average Bonchev–Trinajstić information content (AvgIpc) is 2.43. The number of hydrogen-bond acceptors (Lipinski definition) is 3. The molecule has 6 heteroatoms. The van der Waals surface area contributed by atoms with E-state index in [4.69, 9.17) is 15.2 Å². The Labute approximate surface area is 120 Å². The highest BCUT2D eigenvalue weighted by atomic mass is 19.4. The lowest BCUT2D eigenvalue weighted by Gasteiger charge is -2.13. The number of nitrogen functional groups attached to an aromatic ring is 1. The molecule has 0 saturated carbocycles. The molecule has 0 heterocycles. The van der Waals surface area contributed by atoms with Crippen molar-refractivity contribution in [1.29, 1.82) is 0 Å². The zero-order valence-electron chi connectivity index (χ0n) is 11.3. The fourth-order valence-electron chi connectivity index (χ4n) is 1.73. The highest BCUT2D eigenvalue weighted by molar-refractivity contribution is 5.63. The van der Waals surface area contributed by atoms with E-state index in [1.54, 1.807) is 18.2 Å². The van der Waals surface area contributed by atoms with E-state index in [9.17, 15) is 13.2 Å². The van der Waals surface area contributed by atoms with Crippen LogP contribution in [0, 0.1) is 0 Å². The molecule has 0 atom stereocenters. The summed E-state index contributed by atoms with van der Waals surface area (Å²) >= 11 is 0. The first-order valence-electron chi connectivity index (χ1n) is 6.28. The maximum absolute atomic E-state index is 12.5. The van der Waals surface area contributed by atoms with Gasteiger partial charge in [0.15, 0.2) is 5.75 Å². The van der Waals surface area contributed by atoms with Crippen molar-refractivity contribution >= 4 is 5.69 Å². The third-order valence-corrected chi connectivity index (χ3v) is 2.74. The molecule has 2 rings (SSSR count). The Hall–Kier alpha value is -2.37. The summed E-state index contributed by atoms with van der Waals surface area (Å²) in [6.45, 7) is 2.27. The quantitative estimate of drug-likeness (QED) is 0.846. The normalized spacial score (nSPS) is 11.2. The molecule has 2 aromatic rings. The van der Waals surface area contributed by atoms with Gasteiger partial charge >= 0.3 is 6.18 Å². The van der Waals surface area contributed by atoms with Gasteiger partial charge in [0.05, 0.1) is 12.2 Å². The van der Waals surface area contributed by atoms with E-state index in [-0.39, 0.29) is 5.75 Å². The summed E-state index contributed by atoms with van der Waals surface area (Å²) in [6, 6.07) is 9.41. The number of hydrogen-bond donors (Lipinski definition) is 1. The van der Waals surface area contributed by atoms with Crippen LogP contribution in [0.3, 0.4) is 0 Å². The Morgan fingerprint density at radius 1 is 1.00 bits per heavy atom. The minimum absolute atomic E-state index is 0.267. The van der Waals surface area contributed by atoms with Crippen molar-refractivity contribution in [3.05, 3.63) is 48.0 Å². The molecular formula is C15H14F3NO2. The van der Waals surface area contributed by atoms with Gasteiger partial charge in [-0.2, -0.15) is 13.2 Å². The molecule has 0 aromatic heterocycles. The zero-order valence-corrected chi connectivity index (χ0v) is 11.3. The van der Waals surface area contributed by atoms with Gasteiger partial charge < -0.3 is 15.2 Å². The van der Waals surface area contributed by atoms with Gasteiger partial charge in [-0.3, -0.25) is 0 Å². The molecule has 21 heavy (non-hydrogen) atoms. The number of benzene rings is 2. The van der Waals surface area contributed by atoms with Crippen molar-refractivity contribution in [2.45, 2.75) is 13.1 Å². The van der Waals surface area contributed by atoms with Gasteiger partial charge in [-0.1, -0.05) is 6.07 Å². The Balaban J connectivity index is 2.20. The first-order chi connectivity index (χ1) is 9.91. The molecule has 112 valence electrons. The highest BCUT2D eigenvalue weighted by Crippen LogP contribution is 2.36. The standard InChI is InChI=1S/C15H14F3NO2/c1-2-20-12-4-3-5-13(14(12)19)21-11-8-6-10(7-9-11)15(16,17)18/h3-9H,2,19H2,1H3. The van der Waals surface area contributed by atoms with E-state index in [2.05, 4.69) is 0 Å². The second-order valence-corrected chi connectivity index (χ2v) is 4.23. The minimum Gasteiger partial charge on any atom is -0.492 e. The summed E-state index contributed by atoms with van der Waals surface area (Å²) in [7, 11) is 0. The number of para-hydroxylation sites is 1. The predicted molar refractivity (Wildman–Crippen MR) is 73.5 cm³/mol. The first-order valence-corrected chi connectivity index (χ1v) is 6.28. The van der Waals surface area contributed by atoms with Gasteiger partial charge in [0, 0.05) is 0 Å². The molecule has 0 unspecified atom stereocenters. The first kappa shape index (κ1) is 15.0. The van der Waals surface area contributed by atoms with Crippen molar-refractivity contribution in [3.63, 3.8) is 0 Å². The molecule has 0 fully saturated rings. The van der Waals surface area contributed by atoms with Crippen molar-refractivity contribution in [2.75, 3.05) is 12.3 Å². The second-order valence-electron chi connectivity index (χ2n) is 4.23. The molecule has 2 N–H and O–H groups in total. The van der Waals surface area contributed by atoms with Crippen molar-refractivity contribution < 1.29 is 22.6 Å². The third kappa shape index (κ3) is 3.59. The van der Waals surface area contributed by atoms with Gasteiger partial charge in [-0.15, -0.1) is 0 Å². The lowest BCUT2D eigenvalue weighted by atomic mass is 10.2. The summed E-state index contributed by atoms with van der Waals surface area (Å²) in [4.78, 5) is 0. The molecule has 0 saturated heterocycles. The van der Waals surface area contributed by atoms with Crippen molar-refractivity contribution in [1.82, 2.24) is 0 Å². The van der Waals surface area contributed by atoms with Gasteiger partial charge in [0.2, 0.25) is 0 Å². The SMILES string of the molecule is CCOc1cccc(Oc2ccc(C(F)(F)F)cc2)c1N. The van der Waals surface area contributed by atoms with Crippen LogP contribution in [0.4, 0.5) is 18.9 Å². The van der Waals surface area contributed by atoms with Gasteiger partial charge in [0.25, 0.3) is 0 Å². The fourth-order valence-corrected chi connectivity index (χ4v) is 1.73. The van der Waals surface area contributed by atoms with E-state index in [1.165, 1.54) is 12.1 Å². The van der Waals surface area contributed by atoms with Gasteiger partial charge in [0.1, 0.15) is 17.2 Å². The number of alkyl halides is 3. The van der Waals surface area contributed by atoms with Gasteiger partial charge in [-0.05, 0) is 43.3 Å². The molecule has 0 aliphatic heterocycles. The van der Waals surface area contributed by atoms with Crippen LogP contribution in [-0.4, -0.2) is 6.61 Å². The Bertz CT molecular complexity index is 609. The fraction of sp³-hybridized carbons (Fsp3) is 0.200. The monoisotopic (exact) mass is 297 g/mol. The number of halogens is 3. The summed E-state index contributed by atoms with van der Waals surface area (Å²) in [5.74, 6) is 1.07. The lowest BCUT2D eigenvalue weighted by Crippen LogP contribution is -2.04. The number of anilines is 1. The van der Waals surface area contributed by atoms with Crippen LogP contribution in [0.1, 0.15) is 12.5 Å². The Morgan fingerprint density at radius 3 is 2.19 bits per heavy atom. The average molecular weight is 297 g/mol. The van der Waals surface area contributed by atoms with E-state index in [0.717, 1.165) is 12.1 Å².